The second kappa shape index (κ2) is 10.9. The van der Waals surface area contributed by atoms with Gasteiger partial charge >= 0.3 is 11.3 Å². The number of aromatic amines is 1. The Labute approximate surface area is 206 Å². The molecule has 35 heavy (non-hydrogen) atoms. The number of hydrogen-bond donors (Lipinski definition) is 2. The van der Waals surface area contributed by atoms with Crippen LogP contribution in [0.25, 0.3) is 0 Å². The summed E-state index contributed by atoms with van der Waals surface area (Å²) in [6.07, 6.45) is 8.82. The van der Waals surface area contributed by atoms with E-state index < -0.39 is 12.1 Å². The molecule has 4 aliphatic carbocycles. The van der Waals surface area contributed by atoms with Crippen molar-refractivity contribution in [1.29, 1.82) is 0 Å². The number of H-pyrrole nitrogens is 1. The second-order valence-electron chi connectivity index (χ2n) is 10.1. The van der Waals surface area contributed by atoms with Crippen molar-refractivity contribution in [3.8, 4) is 0 Å². The monoisotopic (exact) mass is 512 g/mol. The maximum absolute atomic E-state index is 10.5. The van der Waals surface area contributed by atoms with Gasteiger partial charge in [-0.1, -0.05) is 6.07 Å². The van der Waals surface area contributed by atoms with E-state index in [0.717, 1.165) is 48.0 Å². The van der Waals surface area contributed by atoms with Crippen LogP contribution in [0.5, 0.6) is 0 Å². The second-order valence-corrected chi connectivity index (χ2v) is 11.0. The Kier molecular flexibility index (Phi) is 8.05. The lowest BCUT2D eigenvalue weighted by molar-refractivity contribution is -0.744. The number of carbonyl (C=O) groups is 1. The summed E-state index contributed by atoms with van der Waals surface area (Å²) in [7, 11) is 0. The number of carboxylic acids is 1. The first-order valence-corrected chi connectivity index (χ1v) is 13.1. The number of aliphatic hydroxyl groups excluding tert-OH is 1. The van der Waals surface area contributed by atoms with Gasteiger partial charge < -0.3 is 15.0 Å². The van der Waals surface area contributed by atoms with Crippen molar-refractivity contribution in [1.82, 2.24) is 15.2 Å². The Morgan fingerprint density at radius 3 is 2.34 bits per heavy atom. The fourth-order valence-corrected chi connectivity index (χ4v) is 7.37. The molecule has 4 aliphatic rings. The van der Waals surface area contributed by atoms with E-state index in [1.807, 2.05) is 18.5 Å². The number of rotatable bonds is 8. The van der Waals surface area contributed by atoms with E-state index in [0.29, 0.717) is 5.41 Å². The Hall–Kier alpha value is -2.14. The summed E-state index contributed by atoms with van der Waals surface area (Å²) >= 11 is 1.80. The van der Waals surface area contributed by atoms with Crippen LogP contribution < -0.4 is 9.67 Å². The summed E-state index contributed by atoms with van der Waals surface area (Å²) < 4.78 is 34.0. The number of pyridine rings is 1. The highest BCUT2D eigenvalue weighted by Gasteiger charge is 2.55. The van der Waals surface area contributed by atoms with Gasteiger partial charge in [0.25, 0.3) is 0 Å². The fraction of sp³-hybridized carbons (Fsp3) is 0.667. The molecule has 11 heteroatoms. The predicted octanol–water partition coefficient (Wildman–Crippen LogP) is 2.92. The van der Waals surface area contributed by atoms with Crippen molar-refractivity contribution < 1.29 is 32.7 Å². The van der Waals surface area contributed by atoms with Gasteiger partial charge in [0, 0.05) is 24.8 Å². The van der Waals surface area contributed by atoms with Crippen LogP contribution in [0.15, 0.2) is 29.7 Å². The number of nitrogens with zero attached hydrogens (tertiary/aromatic N) is 3. The maximum atomic E-state index is 10.5. The van der Waals surface area contributed by atoms with Crippen LogP contribution in [0.3, 0.4) is 0 Å². The molecule has 4 fully saturated rings. The number of nitrogens with one attached hydrogen (secondary N) is 1. The van der Waals surface area contributed by atoms with Crippen LogP contribution in [-0.2, 0) is 22.5 Å². The van der Waals surface area contributed by atoms with Crippen molar-refractivity contribution in [3.05, 3.63) is 35.9 Å². The van der Waals surface area contributed by atoms with Gasteiger partial charge in [-0.15, -0.1) is 5.10 Å². The van der Waals surface area contributed by atoms with Gasteiger partial charge in [-0.3, -0.25) is 4.98 Å². The van der Waals surface area contributed by atoms with Gasteiger partial charge in [0.15, 0.2) is 0 Å². The van der Waals surface area contributed by atoms with Crippen LogP contribution in [0, 0.1) is 17.8 Å². The van der Waals surface area contributed by atoms with Crippen molar-refractivity contribution in [2.75, 3.05) is 6.61 Å². The lowest BCUT2D eigenvalue weighted by Crippen LogP contribution is -2.54. The number of aliphatic carboxylic acids is 1. The van der Waals surface area contributed by atoms with Crippen LogP contribution in [-0.4, -0.2) is 39.0 Å². The van der Waals surface area contributed by atoms with Crippen molar-refractivity contribution in [2.24, 2.45) is 17.8 Å². The zero-order chi connectivity index (χ0) is 25.1. The minimum atomic E-state index is -5.19. The number of thioether (sulfide) groups is 1. The molecule has 2 aromatic rings. The number of aromatic nitrogens is 4. The summed E-state index contributed by atoms with van der Waals surface area (Å²) in [5, 5.41) is 27.4. The molecule has 0 radical (unpaired) electrons. The number of halogens is 3. The van der Waals surface area contributed by atoms with Crippen LogP contribution >= 0.6 is 11.8 Å². The molecule has 2 N–H and O–H groups in total. The number of carbonyl (C=O) groups excluding carboxylic acids is 1. The van der Waals surface area contributed by atoms with Gasteiger partial charge in [0.2, 0.25) is 5.82 Å². The molecule has 0 spiro atoms. The maximum Gasteiger partial charge on any atom is 0.430 e. The van der Waals surface area contributed by atoms with Crippen LogP contribution in [0.4, 0.5) is 13.2 Å². The third-order valence-electron chi connectivity index (χ3n) is 7.41. The Morgan fingerprint density at radius 2 is 1.83 bits per heavy atom. The van der Waals surface area contributed by atoms with Crippen molar-refractivity contribution in [2.45, 2.75) is 80.4 Å². The van der Waals surface area contributed by atoms with Gasteiger partial charge in [0.05, 0.1) is 17.1 Å². The molecule has 4 bridgehead atoms. The average molecular weight is 513 g/mol. The van der Waals surface area contributed by atoms with E-state index in [9.17, 15) is 18.3 Å². The molecule has 2 aromatic heterocycles. The number of aliphatic hydroxyl groups is 1. The molecule has 7 nitrogen and oxygen atoms in total. The molecule has 192 valence electrons. The Morgan fingerprint density at radius 1 is 1.20 bits per heavy atom. The molecule has 0 atom stereocenters. The molecule has 0 saturated heterocycles. The van der Waals surface area contributed by atoms with E-state index in [2.05, 4.69) is 20.7 Å². The highest BCUT2D eigenvalue weighted by molar-refractivity contribution is 7.98. The minimum Gasteiger partial charge on any atom is -0.542 e. The number of carboxylic acid groups (broad SMARTS) is 1. The van der Waals surface area contributed by atoms with Crippen molar-refractivity contribution in [3.63, 3.8) is 0 Å². The summed E-state index contributed by atoms with van der Waals surface area (Å²) in [6, 6.07) is 4.12. The van der Waals surface area contributed by atoms with E-state index in [-0.39, 0.29) is 6.61 Å². The molecule has 6 rings (SSSR count). The molecular weight excluding hydrogens is 481 g/mol. The first-order valence-electron chi connectivity index (χ1n) is 12.1. The third kappa shape index (κ3) is 6.17. The standard InChI is InChI=1S/C22H30N4OS.C2HF3O2/c27-7-2-1-6-26-20(22-11-17-8-18(12-22)10-19(9-17)13-22)24-25-21(26)28-15-16-4-3-5-23-14-16;3-2(4,5)1(6)7/h3-5,14,17-19,27H,1-2,6-13,15H2;(H,6,7). The van der Waals surface area contributed by atoms with Crippen LogP contribution in [0.1, 0.15) is 62.8 Å². The molecule has 0 aliphatic heterocycles. The summed E-state index contributed by atoms with van der Waals surface area (Å²) in [6.45, 7) is 1.22. The van der Waals surface area contributed by atoms with Gasteiger partial charge in [0.1, 0.15) is 5.97 Å². The normalized spacial score (nSPS) is 26.9. The lowest BCUT2D eigenvalue weighted by atomic mass is 9.49. The van der Waals surface area contributed by atoms with Gasteiger partial charge in [-0.2, -0.15) is 13.2 Å². The lowest BCUT2D eigenvalue weighted by Gasteiger charge is -2.55. The third-order valence-corrected chi connectivity index (χ3v) is 8.46. The summed E-state index contributed by atoms with van der Waals surface area (Å²) in [5.74, 6) is 2.02. The quantitative estimate of drug-likeness (QED) is 0.320. The van der Waals surface area contributed by atoms with E-state index in [4.69, 9.17) is 15.0 Å². The van der Waals surface area contributed by atoms with E-state index in [1.165, 1.54) is 49.9 Å². The average Bonchev–Trinajstić information content (AvgIpc) is 3.21. The van der Waals surface area contributed by atoms with Gasteiger partial charge in [-0.25, -0.2) is 4.57 Å². The predicted molar refractivity (Wildman–Crippen MR) is 120 cm³/mol. The molecule has 0 unspecified atom stereocenters. The highest BCUT2D eigenvalue weighted by atomic mass is 32.2. The number of alkyl halides is 3. The molecule has 2 heterocycles. The highest BCUT2D eigenvalue weighted by Crippen LogP contribution is 2.60. The summed E-state index contributed by atoms with van der Waals surface area (Å²) in [5.41, 5.74) is 1.54. The first kappa shape index (κ1) is 25.9. The van der Waals surface area contributed by atoms with Crippen LogP contribution in [0.2, 0.25) is 0 Å². The number of hydrogen-bond acceptors (Lipinski definition) is 6. The molecule has 4 saturated carbocycles. The van der Waals surface area contributed by atoms with E-state index >= 15 is 0 Å². The Balaban J connectivity index is 0.000000364. The Bertz CT molecular complexity index is 964. The summed E-state index contributed by atoms with van der Waals surface area (Å²) in [4.78, 5) is 13.0. The van der Waals surface area contributed by atoms with Gasteiger partial charge in [-0.05, 0) is 92.5 Å². The SMILES string of the molecule is O=C([O-])C(F)(F)F.OCCCC[n+]1c(SCc2cccnc2)n[nH]c1C12CC3CC(CC(C3)C1)C2. The zero-order valence-corrected chi connectivity index (χ0v) is 20.3. The largest absolute Gasteiger partial charge is 0.542 e. The first-order chi connectivity index (χ1) is 16.7. The minimum absolute atomic E-state index is 0.267. The molecule has 0 aromatic carbocycles. The smallest absolute Gasteiger partial charge is 0.430 e. The zero-order valence-electron chi connectivity index (χ0n) is 19.5. The van der Waals surface area contributed by atoms with Crippen molar-refractivity contribution >= 4 is 17.7 Å². The molecule has 0 amide bonds. The fourth-order valence-electron chi connectivity index (χ4n) is 6.45. The molecular formula is C24H31F3N4O3S. The topological polar surface area (TPSA) is 106 Å². The van der Waals surface area contributed by atoms with E-state index in [1.54, 1.807) is 11.8 Å². The number of unbranched alkanes of at least 4 members (excludes halogenated alkanes) is 1.